The van der Waals surface area contributed by atoms with Crippen molar-refractivity contribution in [3.63, 3.8) is 0 Å². The molecule has 9 heavy (non-hydrogen) atoms. The van der Waals surface area contributed by atoms with Gasteiger partial charge in [-0.1, -0.05) is 19.4 Å². The fraction of sp³-hybridized carbons (Fsp3) is 0.714. The van der Waals surface area contributed by atoms with Gasteiger partial charge in [0.2, 0.25) is 0 Å². The summed E-state index contributed by atoms with van der Waals surface area (Å²) in [5.74, 6) is 0. The highest BCUT2D eigenvalue weighted by Crippen LogP contribution is 1.81. The fourth-order valence-corrected chi connectivity index (χ4v) is 0.480. The van der Waals surface area contributed by atoms with Crippen LogP contribution >= 0.6 is 12.4 Å². The Labute approximate surface area is 63.9 Å². The number of nitrogens with one attached hydrogen (secondary N) is 1. The van der Waals surface area contributed by atoms with Crippen molar-refractivity contribution in [3.05, 3.63) is 12.3 Å². The molecule has 0 aliphatic carbocycles. The normalized spacial score (nSPS) is 9.11. The number of unbranched alkanes of at least 4 members (excludes halogenated alkanes) is 1. The van der Waals surface area contributed by atoms with Crippen LogP contribution in [0, 0.1) is 0 Å². The number of halogens is 1. The minimum Gasteiger partial charge on any atom is -0.391 e. The Morgan fingerprint density at radius 1 is 1.44 bits per heavy atom. The third-order valence-corrected chi connectivity index (χ3v) is 0.959. The Kier molecular flexibility index (Phi) is 13.9. The van der Waals surface area contributed by atoms with Gasteiger partial charge in [-0.15, -0.1) is 12.4 Å². The van der Waals surface area contributed by atoms with Crippen LogP contribution in [0.3, 0.4) is 0 Å². The molecule has 0 aromatic rings. The fourth-order valence-electron chi connectivity index (χ4n) is 0.480. The van der Waals surface area contributed by atoms with E-state index in [1.807, 2.05) is 19.2 Å². The highest BCUT2D eigenvalue weighted by atomic mass is 35.5. The van der Waals surface area contributed by atoms with Crippen molar-refractivity contribution < 1.29 is 0 Å². The predicted molar refractivity (Wildman–Crippen MR) is 45.0 cm³/mol. The first-order valence-electron chi connectivity index (χ1n) is 3.26. The molecular formula is C7H16ClN. The van der Waals surface area contributed by atoms with Crippen molar-refractivity contribution in [3.8, 4) is 0 Å². The highest BCUT2D eigenvalue weighted by molar-refractivity contribution is 5.85. The van der Waals surface area contributed by atoms with Crippen LogP contribution in [0.25, 0.3) is 0 Å². The SMILES string of the molecule is C/C=C\NCCCC.Cl. The van der Waals surface area contributed by atoms with Gasteiger partial charge in [0.05, 0.1) is 0 Å². The summed E-state index contributed by atoms with van der Waals surface area (Å²) in [4.78, 5) is 0. The van der Waals surface area contributed by atoms with Gasteiger partial charge in [-0.2, -0.15) is 0 Å². The molecule has 1 N–H and O–H groups in total. The molecule has 0 aromatic heterocycles. The van der Waals surface area contributed by atoms with E-state index < -0.39 is 0 Å². The lowest BCUT2D eigenvalue weighted by Gasteiger charge is -1.94. The van der Waals surface area contributed by atoms with Crippen molar-refractivity contribution >= 4 is 12.4 Å². The van der Waals surface area contributed by atoms with Gasteiger partial charge in [0, 0.05) is 6.54 Å². The Balaban J connectivity index is 0. The van der Waals surface area contributed by atoms with E-state index in [0.717, 1.165) is 6.54 Å². The van der Waals surface area contributed by atoms with E-state index in [1.54, 1.807) is 0 Å². The Morgan fingerprint density at radius 3 is 2.56 bits per heavy atom. The molecule has 0 amide bonds. The second-order valence-electron chi connectivity index (χ2n) is 1.81. The largest absolute Gasteiger partial charge is 0.391 e. The minimum absolute atomic E-state index is 0. The summed E-state index contributed by atoms with van der Waals surface area (Å²) in [7, 11) is 0. The van der Waals surface area contributed by atoms with Gasteiger partial charge in [0.1, 0.15) is 0 Å². The maximum Gasteiger partial charge on any atom is 0.0141 e. The zero-order valence-corrected chi connectivity index (χ0v) is 7.00. The Morgan fingerprint density at radius 2 is 2.11 bits per heavy atom. The molecule has 0 atom stereocenters. The lowest BCUT2D eigenvalue weighted by Crippen LogP contribution is -2.05. The maximum absolute atomic E-state index is 3.16. The van der Waals surface area contributed by atoms with Gasteiger partial charge in [-0.05, 0) is 19.5 Å². The van der Waals surface area contributed by atoms with Gasteiger partial charge < -0.3 is 5.32 Å². The Hall–Kier alpha value is -0.170. The molecule has 0 saturated carbocycles. The molecule has 0 spiro atoms. The molecule has 0 radical (unpaired) electrons. The molecule has 0 unspecified atom stereocenters. The van der Waals surface area contributed by atoms with Crippen molar-refractivity contribution in [2.45, 2.75) is 26.7 Å². The lowest BCUT2D eigenvalue weighted by atomic mass is 10.3. The van der Waals surface area contributed by atoms with Crippen molar-refractivity contribution in [2.24, 2.45) is 0 Å². The standard InChI is InChI=1S/C7H15N.ClH/c1-3-5-7-8-6-4-2;/h4,6,8H,3,5,7H2,1-2H3;1H/b6-4-;. The van der Waals surface area contributed by atoms with E-state index in [4.69, 9.17) is 0 Å². The first-order chi connectivity index (χ1) is 3.91. The van der Waals surface area contributed by atoms with Crippen LogP contribution in [0.5, 0.6) is 0 Å². The smallest absolute Gasteiger partial charge is 0.0141 e. The van der Waals surface area contributed by atoms with Gasteiger partial charge in [0.25, 0.3) is 0 Å². The van der Waals surface area contributed by atoms with E-state index in [0.29, 0.717) is 0 Å². The second kappa shape index (κ2) is 10.7. The topological polar surface area (TPSA) is 12.0 Å². The first-order valence-corrected chi connectivity index (χ1v) is 3.26. The zero-order chi connectivity index (χ0) is 6.24. The van der Waals surface area contributed by atoms with E-state index in [-0.39, 0.29) is 12.4 Å². The summed E-state index contributed by atoms with van der Waals surface area (Å²) >= 11 is 0. The van der Waals surface area contributed by atoms with Gasteiger partial charge in [0.15, 0.2) is 0 Å². The van der Waals surface area contributed by atoms with E-state index >= 15 is 0 Å². The van der Waals surface area contributed by atoms with Crippen molar-refractivity contribution in [2.75, 3.05) is 6.54 Å². The van der Waals surface area contributed by atoms with E-state index in [2.05, 4.69) is 12.2 Å². The summed E-state index contributed by atoms with van der Waals surface area (Å²) in [5.41, 5.74) is 0. The summed E-state index contributed by atoms with van der Waals surface area (Å²) < 4.78 is 0. The van der Waals surface area contributed by atoms with Crippen molar-refractivity contribution in [1.29, 1.82) is 0 Å². The van der Waals surface area contributed by atoms with Crippen LogP contribution < -0.4 is 5.32 Å². The molecule has 0 bridgehead atoms. The molecule has 56 valence electrons. The van der Waals surface area contributed by atoms with Crippen LogP contribution in [-0.4, -0.2) is 6.54 Å². The van der Waals surface area contributed by atoms with Gasteiger partial charge in [-0.25, -0.2) is 0 Å². The third kappa shape index (κ3) is 11.4. The van der Waals surface area contributed by atoms with Gasteiger partial charge >= 0.3 is 0 Å². The molecule has 0 rings (SSSR count). The van der Waals surface area contributed by atoms with Crippen LogP contribution in [0.15, 0.2) is 12.3 Å². The summed E-state index contributed by atoms with van der Waals surface area (Å²) in [6.07, 6.45) is 6.53. The monoisotopic (exact) mass is 149 g/mol. The minimum atomic E-state index is 0. The zero-order valence-electron chi connectivity index (χ0n) is 6.18. The molecule has 0 aliphatic rings. The maximum atomic E-state index is 3.16. The lowest BCUT2D eigenvalue weighted by molar-refractivity contribution is 0.734. The highest BCUT2D eigenvalue weighted by Gasteiger charge is 1.75. The molecule has 0 fully saturated rings. The Bertz CT molecular complexity index is 61.9. The first kappa shape index (κ1) is 11.6. The third-order valence-electron chi connectivity index (χ3n) is 0.959. The molecule has 0 aromatic carbocycles. The molecule has 0 saturated heterocycles. The van der Waals surface area contributed by atoms with Gasteiger partial charge in [-0.3, -0.25) is 0 Å². The number of rotatable bonds is 4. The predicted octanol–water partition coefficient (Wildman–Crippen LogP) is 2.33. The number of hydrogen-bond donors (Lipinski definition) is 1. The number of allylic oxidation sites excluding steroid dienone is 1. The average molecular weight is 150 g/mol. The molecule has 0 heterocycles. The summed E-state index contributed by atoms with van der Waals surface area (Å²) in [6.45, 7) is 5.32. The van der Waals surface area contributed by atoms with Crippen molar-refractivity contribution in [1.82, 2.24) is 5.32 Å². The molecule has 0 aliphatic heterocycles. The van der Waals surface area contributed by atoms with Crippen LogP contribution in [0.1, 0.15) is 26.7 Å². The van der Waals surface area contributed by atoms with Crippen LogP contribution in [-0.2, 0) is 0 Å². The number of hydrogen-bond acceptors (Lipinski definition) is 1. The van der Waals surface area contributed by atoms with E-state index in [9.17, 15) is 0 Å². The summed E-state index contributed by atoms with van der Waals surface area (Å²) in [6, 6.07) is 0. The quantitative estimate of drug-likeness (QED) is 0.605. The van der Waals surface area contributed by atoms with E-state index in [1.165, 1.54) is 12.8 Å². The molecular weight excluding hydrogens is 134 g/mol. The van der Waals surface area contributed by atoms with Crippen LogP contribution in [0.4, 0.5) is 0 Å². The second-order valence-corrected chi connectivity index (χ2v) is 1.81. The average Bonchev–Trinajstić information content (AvgIpc) is 1.81. The molecule has 1 nitrogen and oxygen atoms in total. The molecule has 2 heteroatoms. The van der Waals surface area contributed by atoms with Crippen LogP contribution in [0.2, 0.25) is 0 Å². The summed E-state index contributed by atoms with van der Waals surface area (Å²) in [5, 5.41) is 3.16.